The van der Waals surface area contributed by atoms with Gasteiger partial charge >= 0.3 is 0 Å². The van der Waals surface area contributed by atoms with Crippen molar-refractivity contribution in [2.75, 3.05) is 31.9 Å². The van der Waals surface area contributed by atoms with Gasteiger partial charge in [-0.2, -0.15) is 5.10 Å². The molecule has 1 unspecified atom stereocenters. The number of benzene rings is 1. The number of anilines is 1. The Hall–Kier alpha value is -2.38. The molecule has 7 nitrogen and oxygen atoms in total. The number of aliphatic hydroxyl groups excluding tert-OH is 1. The smallest absolute Gasteiger partial charge is 0.259 e. The van der Waals surface area contributed by atoms with E-state index in [2.05, 4.69) is 26.8 Å². The van der Waals surface area contributed by atoms with E-state index in [0.717, 1.165) is 36.5 Å². The second-order valence-corrected chi connectivity index (χ2v) is 5.77. The Morgan fingerprint density at radius 1 is 1.35 bits per heavy atom. The number of nitrogens with one attached hydrogen (secondary N) is 2. The normalized spacial score (nSPS) is 20.1. The van der Waals surface area contributed by atoms with Gasteiger partial charge in [-0.1, -0.05) is 18.2 Å². The highest BCUT2D eigenvalue weighted by Gasteiger charge is 2.20. The first kappa shape index (κ1) is 15.5. The number of carbonyl (C=O) groups excluding carboxylic acids is 1. The summed E-state index contributed by atoms with van der Waals surface area (Å²) >= 11 is 0. The number of nitrogen functional groups attached to an aromatic ring is 1. The summed E-state index contributed by atoms with van der Waals surface area (Å²) in [7, 11) is 0. The molecule has 3 rings (SSSR count). The maximum Gasteiger partial charge on any atom is 0.259 e. The van der Waals surface area contributed by atoms with Crippen LogP contribution in [0.5, 0.6) is 0 Å². The number of rotatable bonds is 4. The third-order valence-electron chi connectivity index (χ3n) is 4.06. The highest BCUT2D eigenvalue weighted by Crippen LogP contribution is 2.19. The summed E-state index contributed by atoms with van der Waals surface area (Å²) in [6, 6.07) is 7.31. The lowest BCUT2D eigenvalue weighted by Crippen LogP contribution is -2.44. The van der Waals surface area contributed by atoms with Crippen molar-refractivity contribution in [1.29, 1.82) is 0 Å². The predicted octanol–water partition coefficient (Wildman–Crippen LogP) is -0.0328. The number of hydrazone groups is 1. The van der Waals surface area contributed by atoms with E-state index < -0.39 is 6.10 Å². The van der Waals surface area contributed by atoms with E-state index in [4.69, 9.17) is 5.73 Å². The van der Waals surface area contributed by atoms with Crippen LogP contribution >= 0.6 is 0 Å². The lowest BCUT2D eigenvalue weighted by Gasteiger charge is -2.29. The molecule has 0 spiro atoms. The molecular weight excluding hydrogens is 294 g/mol. The molecule has 2 aliphatic heterocycles. The van der Waals surface area contributed by atoms with Crippen molar-refractivity contribution in [3.05, 3.63) is 41.5 Å². The Morgan fingerprint density at radius 2 is 2.13 bits per heavy atom. The molecule has 0 aliphatic carbocycles. The Morgan fingerprint density at radius 3 is 2.74 bits per heavy atom. The van der Waals surface area contributed by atoms with Crippen molar-refractivity contribution in [3.63, 3.8) is 0 Å². The zero-order chi connectivity index (χ0) is 16.2. The van der Waals surface area contributed by atoms with Gasteiger partial charge in [-0.25, -0.2) is 5.43 Å². The molecule has 0 saturated carbocycles. The van der Waals surface area contributed by atoms with Crippen molar-refractivity contribution in [1.82, 2.24) is 15.6 Å². The van der Waals surface area contributed by atoms with Crippen molar-refractivity contribution in [2.45, 2.75) is 12.5 Å². The molecule has 1 aromatic carbocycles. The Balaban J connectivity index is 1.56. The van der Waals surface area contributed by atoms with Gasteiger partial charge in [-0.15, -0.1) is 0 Å². The number of carbonyl (C=O) groups is 1. The van der Waals surface area contributed by atoms with Crippen LogP contribution in [-0.2, 0) is 4.79 Å². The zero-order valence-corrected chi connectivity index (χ0v) is 12.8. The molecule has 0 radical (unpaired) electrons. The number of amides is 1. The molecule has 2 heterocycles. The summed E-state index contributed by atoms with van der Waals surface area (Å²) in [5, 5.41) is 17.4. The predicted molar refractivity (Wildman–Crippen MR) is 88.5 cm³/mol. The van der Waals surface area contributed by atoms with Crippen LogP contribution in [-0.4, -0.2) is 47.9 Å². The number of amidine groups is 1. The first-order valence-corrected chi connectivity index (χ1v) is 7.67. The lowest BCUT2D eigenvalue weighted by molar-refractivity contribution is -0.120. The number of aliphatic hydroxyl groups is 1. The molecule has 0 fully saturated rings. The SMILES string of the molecule is Nc1ccc(C(O)CN2CC=C(C3=NNC(=O)CN3)CC2)cc1. The van der Waals surface area contributed by atoms with E-state index in [1.165, 1.54) is 0 Å². The minimum atomic E-state index is -0.532. The van der Waals surface area contributed by atoms with Crippen LogP contribution in [0.3, 0.4) is 0 Å². The summed E-state index contributed by atoms with van der Waals surface area (Å²) in [6.07, 6.45) is 2.38. The molecule has 0 aromatic heterocycles. The topological polar surface area (TPSA) is 103 Å². The van der Waals surface area contributed by atoms with E-state index in [-0.39, 0.29) is 12.5 Å². The van der Waals surface area contributed by atoms with Crippen molar-refractivity contribution < 1.29 is 9.90 Å². The quantitative estimate of drug-likeness (QED) is 0.584. The molecule has 1 atom stereocenters. The van der Waals surface area contributed by atoms with Gasteiger partial charge in [0.15, 0.2) is 0 Å². The summed E-state index contributed by atoms with van der Waals surface area (Å²) in [4.78, 5) is 13.3. The molecule has 2 aliphatic rings. The highest BCUT2D eigenvalue weighted by atomic mass is 16.3. The van der Waals surface area contributed by atoms with E-state index in [1.807, 2.05) is 12.1 Å². The van der Waals surface area contributed by atoms with Crippen molar-refractivity contribution in [3.8, 4) is 0 Å². The van der Waals surface area contributed by atoms with E-state index in [1.54, 1.807) is 12.1 Å². The third kappa shape index (κ3) is 3.88. The Kier molecular flexibility index (Phi) is 4.59. The van der Waals surface area contributed by atoms with Crippen LogP contribution in [0.1, 0.15) is 18.1 Å². The van der Waals surface area contributed by atoms with Crippen LogP contribution in [0.25, 0.3) is 0 Å². The second kappa shape index (κ2) is 6.80. The molecule has 5 N–H and O–H groups in total. The minimum absolute atomic E-state index is 0.126. The number of nitrogens with two attached hydrogens (primary N) is 1. The van der Waals surface area contributed by atoms with Gasteiger partial charge in [0.05, 0.1) is 12.6 Å². The molecule has 0 bridgehead atoms. The number of nitrogens with zero attached hydrogens (tertiary/aromatic N) is 2. The largest absolute Gasteiger partial charge is 0.399 e. The number of hydrogen-bond acceptors (Lipinski definition) is 6. The summed E-state index contributed by atoms with van der Waals surface area (Å²) < 4.78 is 0. The summed E-state index contributed by atoms with van der Waals surface area (Å²) in [6.45, 7) is 2.42. The summed E-state index contributed by atoms with van der Waals surface area (Å²) in [5.74, 6) is 0.613. The first-order chi connectivity index (χ1) is 11.1. The molecule has 122 valence electrons. The van der Waals surface area contributed by atoms with Gasteiger partial charge in [-0.3, -0.25) is 9.69 Å². The maximum atomic E-state index is 11.1. The molecule has 7 heteroatoms. The molecule has 23 heavy (non-hydrogen) atoms. The summed E-state index contributed by atoms with van der Waals surface area (Å²) in [5.41, 5.74) is 10.8. The average molecular weight is 315 g/mol. The second-order valence-electron chi connectivity index (χ2n) is 5.77. The Bertz CT molecular complexity index is 638. The molecular formula is C16H21N5O2. The number of β-amino-alcohol motifs (C(OH)–C–C–N with tert-alkyl or cyclic N) is 1. The van der Waals surface area contributed by atoms with E-state index in [9.17, 15) is 9.90 Å². The average Bonchev–Trinajstić information content (AvgIpc) is 2.57. The molecule has 1 aromatic rings. The van der Waals surface area contributed by atoms with Gasteiger partial charge < -0.3 is 16.2 Å². The standard InChI is InChI=1S/C16H21N5O2/c17-13-3-1-11(2-4-13)14(22)10-21-7-5-12(6-8-21)16-18-9-15(23)19-20-16/h1-5,14,22H,6-10,17H2,(H,18,20)(H,19,23). The fraction of sp³-hybridized carbons (Fsp3) is 0.375. The van der Waals surface area contributed by atoms with Crippen LogP contribution < -0.4 is 16.5 Å². The fourth-order valence-electron chi connectivity index (χ4n) is 2.71. The fourth-order valence-corrected chi connectivity index (χ4v) is 2.71. The maximum absolute atomic E-state index is 11.1. The molecule has 1 amide bonds. The molecule has 0 saturated heterocycles. The number of hydrogen-bond donors (Lipinski definition) is 4. The van der Waals surface area contributed by atoms with E-state index in [0.29, 0.717) is 12.2 Å². The highest BCUT2D eigenvalue weighted by molar-refractivity contribution is 6.02. The van der Waals surface area contributed by atoms with Crippen molar-refractivity contribution >= 4 is 17.4 Å². The van der Waals surface area contributed by atoms with Crippen LogP contribution in [0.4, 0.5) is 5.69 Å². The van der Waals surface area contributed by atoms with Crippen LogP contribution in [0.15, 0.2) is 41.0 Å². The van der Waals surface area contributed by atoms with Crippen LogP contribution in [0, 0.1) is 0 Å². The van der Waals surface area contributed by atoms with Gasteiger partial charge in [0.1, 0.15) is 5.84 Å². The lowest BCUT2D eigenvalue weighted by atomic mass is 10.0. The zero-order valence-electron chi connectivity index (χ0n) is 12.8. The van der Waals surface area contributed by atoms with Crippen molar-refractivity contribution in [2.24, 2.45) is 5.10 Å². The monoisotopic (exact) mass is 315 g/mol. The third-order valence-corrected chi connectivity index (χ3v) is 4.06. The Labute approximate surface area is 134 Å². The first-order valence-electron chi connectivity index (χ1n) is 7.67. The van der Waals surface area contributed by atoms with Gasteiger partial charge in [0.2, 0.25) is 0 Å². The minimum Gasteiger partial charge on any atom is -0.399 e. The van der Waals surface area contributed by atoms with E-state index >= 15 is 0 Å². The van der Waals surface area contributed by atoms with Gasteiger partial charge in [0.25, 0.3) is 5.91 Å². The van der Waals surface area contributed by atoms with Crippen LogP contribution in [0.2, 0.25) is 0 Å². The van der Waals surface area contributed by atoms with Gasteiger partial charge in [0, 0.05) is 25.3 Å². The van der Waals surface area contributed by atoms with Gasteiger partial charge in [-0.05, 0) is 29.7 Å².